The number of likely N-dealkylation sites (N-methyl/N-ethyl adjacent to an activating group) is 1. The van der Waals surface area contributed by atoms with Crippen molar-refractivity contribution in [1.82, 2.24) is 0 Å². The molecule has 2 heteroatoms. The van der Waals surface area contributed by atoms with Crippen molar-refractivity contribution in [1.29, 1.82) is 0 Å². The molecular formula is C11H24N2+2. The molecule has 0 atom stereocenters. The normalized spacial score (nSPS) is 44.3. The lowest BCUT2D eigenvalue weighted by Gasteiger charge is -2.54. The summed E-state index contributed by atoms with van der Waals surface area (Å²) in [6, 6.07) is 0. The summed E-state index contributed by atoms with van der Waals surface area (Å²) in [4.78, 5) is 0. The van der Waals surface area contributed by atoms with E-state index in [1.807, 2.05) is 0 Å². The van der Waals surface area contributed by atoms with Gasteiger partial charge < -0.3 is 8.97 Å². The summed E-state index contributed by atoms with van der Waals surface area (Å²) >= 11 is 0. The molecular weight excluding hydrogens is 160 g/mol. The quantitative estimate of drug-likeness (QED) is 0.560. The number of fused-ring (bicyclic) bond motifs is 3. The third-order valence-electron chi connectivity index (χ3n) is 4.09. The molecule has 0 saturated carbocycles. The Morgan fingerprint density at radius 2 is 1.38 bits per heavy atom. The van der Waals surface area contributed by atoms with E-state index in [1.165, 1.54) is 54.8 Å². The van der Waals surface area contributed by atoms with Gasteiger partial charge in [-0.3, -0.25) is 0 Å². The summed E-state index contributed by atoms with van der Waals surface area (Å²) in [5.41, 5.74) is 0. The number of quaternary nitrogens is 2. The van der Waals surface area contributed by atoms with Crippen molar-refractivity contribution in [3.8, 4) is 0 Å². The Balaban J connectivity index is 2.03. The van der Waals surface area contributed by atoms with Crippen LogP contribution < -0.4 is 0 Å². The van der Waals surface area contributed by atoms with E-state index in [-0.39, 0.29) is 0 Å². The first-order valence-electron chi connectivity index (χ1n) is 5.72. The van der Waals surface area contributed by atoms with E-state index in [2.05, 4.69) is 20.9 Å². The predicted octanol–water partition coefficient (Wildman–Crippen LogP) is 0.933. The fourth-order valence-electron chi connectivity index (χ4n) is 3.08. The van der Waals surface area contributed by atoms with Crippen molar-refractivity contribution >= 4 is 0 Å². The number of piperazine rings is 3. The number of nitrogens with zero attached hydrogens (tertiary/aromatic N) is 2. The lowest BCUT2D eigenvalue weighted by Crippen LogP contribution is -2.74. The molecule has 0 aliphatic carbocycles. The molecule has 3 aliphatic heterocycles. The summed E-state index contributed by atoms with van der Waals surface area (Å²) in [5, 5.41) is 0. The maximum atomic E-state index is 2.43. The third-order valence-corrected chi connectivity index (χ3v) is 4.09. The molecule has 3 aliphatic rings. The van der Waals surface area contributed by atoms with Gasteiger partial charge in [0.05, 0.1) is 13.6 Å². The standard InChI is InChI=1S/C11H24N2/c1-11(2)10-13-7-4-12(3,5-8-13)6-9-13/h11H,4-10H2,1-3H3/q+2. The van der Waals surface area contributed by atoms with Gasteiger partial charge in [-0.1, -0.05) is 13.8 Å². The lowest BCUT2D eigenvalue weighted by molar-refractivity contribution is -1.07. The topological polar surface area (TPSA) is 0 Å². The molecule has 0 radical (unpaired) electrons. The second-order valence-corrected chi connectivity index (χ2v) is 5.88. The molecule has 13 heavy (non-hydrogen) atoms. The zero-order chi connectivity index (χ0) is 9.53. The molecule has 3 saturated heterocycles. The molecule has 0 N–H and O–H groups in total. The molecule has 0 unspecified atom stereocenters. The van der Waals surface area contributed by atoms with Gasteiger partial charge in [0.2, 0.25) is 0 Å². The molecule has 2 bridgehead atoms. The van der Waals surface area contributed by atoms with Crippen LogP contribution in [0.25, 0.3) is 0 Å². The fourth-order valence-corrected chi connectivity index (χ4v) is 3.08. The zero-order valence-corrected chi connectivity index (χ0v) is 9.42. The van der Waals surface area contributed by atoms with Crippen LogP contribution >= 0.6 is 0 Å². The molecule has 3 heterocycles. The molecule has 76 valence electrons. The summed E-state index contributed by atoms with van der Waals surface area (Å²) in [5.74, 6) is 0.870. The molecule has 2 nitrogen and oxygen atoms in total. The Hall–Kier alpha value is -0.0800. The van der Waals surface area contributed by atoms with Crippen LogP contribution in [0, 0.1) is 5.92 Å². The predicted molar refractivity (Wildman–Crippen MR) is 55.4 cm³/mol. The highest BCUT2D eigenvalue weighted by atomic mass is 15.5. The van der Waals surface area contributed by atoms with Crippen molar-refractivity contribution in [2.45, 2.75) is 13.8 Å². The van der Waals surface area contributed by atoms with Gasteiger partial charge in [-0.05, 0) is 0 Å². The van der Waals surface area contributed by atoms with Crippen molar-refractivity contribution < 1.29 is 8.97 Å². The average molecular weight is 184 g/mol. The van der Waals surface area contributed by atoms with Gasteiger partial charge in [-0.2, -0.15) is 0 Å². The van der Waals surface area contributed by atoms with Crippen LogP contribution in [0.1, 0.15) is 13.8 Å². The Morgan fingerprint density at radius 1 is 0.923 bits per heavy atom. The largest absolute Gasteiger partial charge is 0.312 e. The van der Waals surface area contributed by atoms with Gasteiger partial charge in [0.25, 0.3) is 0 Å². The maximum Gasteiger partial charge on any atom is 0.129 e. The third kappa shape index (κ3) is 1.75. The van der Waals surface area contributed by atoms with Crippen LogP contribution in [0.5, 0.6) is 0 Å². The van der Waals surface area contributed by atoms with Crippen LogP contribution in [-0.2, 0) is 0 Å². The Kier molecular flexibility index (Phi) is 2.16. The van der Waals surface area contributed by atoms with E-state index in [1.54, 1.807) is 0 Å². The minimum absolute atomic E-state index is 0.870. The van der Waals surface area contributed by atoms with E-state index < -0.39 is 0 Å². The van der Waals surface area contributed by atoms with Gasteiger partial charge in [0.15, 0.2) is 0 Å². The van der Waals surface area contributed by atoms with Crippen molar-refractivity contribution in [2.24, 2.45) is 5.92 Å². The second-order valence-electron chi connectivity index (χ2n) is 5.88. The summed E-state index contributed by atoms with van der Waals surface area (Å²) in [7, 11) is 2.43. The number of hydrogen-bond donors (Lipinski definition) is 0. The maximum absolute atomic E-state index is 2.43. The summed E-state index contributed by atoms with van der Waals surface area (Å²) in [6.45, 7) is 14.7. The van der Waals surface area contributed by atoms with Gasteiger partial charge in [-0.25, -0.2) is 0 Å². The van der Waals surface area contributed by atoms with E-state index in [0.717, 1.165) is 5.92 Å². The van der Waals surface area contributed by atoms with Crippen LogP contribution in [0.15, 0.2) is 0 Å². The summed E-state index contributed by atoms with van der Waals surface area (Å²) in [6.07, 6.45) is 0. The monoisotopic (exact) mass is 184 g/mol. The van der Waals surface area contributed by atoms with Gasteiger partial charge >= 0.3 is 0 Å². The average Bonchev–Trinajstić information content (AvgIpc) is 2.07. The minimum Gasteiger partial charge on any atom is -0.312 e. The van der Waals surface area contributed by atoms with Crippen LogP contribution in [0.3, 0.4) is 0 Å². The molecule has 3 fully saturated rings. The van der Waals surface area contributed by atoms with Gasteiger partial charge in [0, 0.05) is 5.92 Å². The molecule has 0 spiro atoms. The fraction of sp³-hybridized carbons (Fsp3) is 1.00. The van der Waals surface area contributed by atoms with E-state index >= 15 is 0 Å². The molecule has 3 rings (SSSR count). The van der Waals surface area contributed by atoms with Crippen molar-refractivity contribution in [2.75, 3.05) is 52.9 Å². The smallest absolute Gasteiger partial charge is 0.129 e. The first-order chi connectivity index (χ1) is 6.04. The van der Waals surface area contributed by atoms with E-state index in [0.29, 0.717) is 0 Å². The lowest BCUT2D eigenvalue weighted by atomic mass is 10.0. The first kappa shape index (κ1) is 9.47. The zero-order valence-electron chi connectivity index (χ0n) is 9.42. The van der Waals surface area contributed by atoms with Gasteiger partial charge in [-0.15, -0.1) is 0 Å². The highest BCUT2D eigenvalue weighted by Gasteiger charge is 2.46. The second kappa shape index (κ2) is 2.96. The molecule has 0 amide bonds. The molecule has 0 aromatic heterocycles. The first-order valence-corrected chi connectivity index (χ1v) is 5.72. The minimum atomic E-state index is 0.870. The SMILES string of the molecule is CC(C)C[N+]12CC[N+](C)(CC1)CC2. The van der Waals surface area contributed by atoms with Crippen molar-refractivity contribution in [3.05, 3.63) is 0 Å². The number of rotatable bonds is 2. The highest BCUT2D eigenvalue weighted by Crippen LogP contribution is 2.25. The highest BCUT2D eigenvalue weighted by molar-refractivity contribution is 4.61. The van der Waals surface area contributed by atoms with Crippen molar-refractivity contribution in [3.63, 3.8) is 0 Å². The molecule has 0 aromatic rings. The Labute approximate surface area is 82.3 Å². The van der Waals surface area contributed by atoms with Crippen LogP contribution in [-0.4, -0.2) is 61.8 Å². The Morgan fingerprint density at radius 3 is 1.77 bits per heavy atom. The number of hydrogen-bond acceptors (Lipinski definition) is 0. The Bertz CT molecular complexity index is 174. The van der Waals surface area contributed by atoms with E-state index in [4.69, 9.17) is 0 Å². The van der Waals surface area contributed by atoms with E-state index in [9.17, 15) is 0 Å². The van der Waals surface area contributed by atoms with Crippen LogP contribution in [0.2, 0.25) is 0 Å². The summed E-state index contributed by atoms with van der Waals surface area (Å²) < 4.78 is 2.80. The van der Waals surface area contributed by atoms with Crippen LogP contribution in [0.4, 0.5) is 0 Å². The van der Waals surface area contributed by atoms with Gasteiger partial charge in [0.1, 0.15) is 39.3 Å². The molecule has 0 aromatic carbocycles.